The predicted octanol–water partition coefficient (Wildman–Crippen LogP) is 2.33. The average molecular weight is 869 g/mol. The number of hydrogen-bond donors (Lipinski definition) is 6. The number of nitrogens with zero attached hydrogens (tertiary/aromatic N) is 2. The third-order valence-corrected chi connectivity index (χ3v) is 17.3. The van der Waals surface area contributed by atoms with E-state index in [-0.39, 0.29) is 48.9 Å². The smallest absolute Gasteiger partial charge is 0.264 e. The Morgan fingerprint density at radius 2 is 1.70 bits per heavy atom. The number of aliphatic hydroxyl groups excluding tert-OH is 5. The minimum absolute atomic E-state index is 0.0745. The molecule has 3 fully saturated rings. The Bertz CT molecular complexity index is 1990. The largest absolute Gasteiger partial charge is 0.497 e. The molecule has 1 spiro atoms. The number of rotatable bonds is 10. The summed E-state index contributed by atoms with van der Waals surface area (Å²) in [5.41, 5.74) is 0.905. The molecule has 6 N–H and O–H groups in total. The predicted molar refractivity (Wildman–Crippen MR) is 215 cm³/mol. The minimum atomic E-state index is -2.52. The van der Waals surface area contributed by atoms with E-state index in [2.05, 4.69) is 53.4 Å². The molecule has 0 unspecified atom stereocenters. The summed E-state index contributed by atoms with van der Waals surface area (Å²) in [7, 11) is -0.900. The van der Waals surface area contributed by atoms with Crippen molar-refractivity contribution >= 4 is 58.3 Å². The molecule has 10 atom stereocenters. The number of nitrogens with one attached hydrogen (secondary N) is 1. The summed E-state index contributed by atoms with van der Waals surface area (Å²) in [6, 6.07) is 20.2. The second kappa shape index (κ2) is 16.1. The van der Waals surface area contributed by atoms with Crippen molar-refractivity contribution < 1.29 is 54.1 Å². The van der Waals surface area contributed by atoms with Gasteiger partial charge >= 0.3 is 0 Å². The van der Waals surface area contributed by atoms with E-state index in [1.54, 1.807) is 41.2 Å². The zero-order valence-corrected chi connectivity index (χ0v) is 34.8. The maximum Gasteiger partial charge on any atom is 0.264 e. The van der Waals surface area contributed by atoms with Crippen molar-refractivity contribution in [2.75, 3.05) is 30.5 Å². The molecule has 0 aromatic heterocycles. The summed E-state index contributed by atoms with van der Waals surface area (Å²) in [6.07, 6.45) is -7.77. The molecule has 3 aromatic rings. The van der Waals surface area contributed by atoms with Crippen LogP contribution in [0.15, 0.2) is 71.2 Å². The van der Waals surface area contributed by atoms with Crippen LogP contribution < -0.4 is 20.1 Å². The van der Waals surface area contributed by atoms with Crippen molar-refractivity contribution in [2.45, 2.75) is 99.8 Å². The SMILES string of the molecule is COc1ccc([Si](C)(C)[C@H]2[C@H](CC(=O)N3CCC[C@H]3CO)O[C@@]3(C(=O)N(Cc4ccc(NC(=O)[C@H]5O[C@@H](O)[C@H](O)[C@@H](O)[C@@H]5O)cc4)c4ccc(Br)cc43)[C@@H]2C)cc1. The Labute approximate surface area is 340 Å². The van der Waals surface area contributed by atoms with Crippen molar-refractivity contribution in [1.82, 2.24) is 4.90 Å². The van der Waals surface area contributed by atoms with Gasteiger partial charge in [0, 0.05) is 28.2 Å². The van der Waals surface area contributed by atoms with Gasteiger partial charge in [-0.2, -0.15) is 0 Å². The highest BCUT2D eigenvalue weighted by Crippen LogP contribution is 2.60. The summed E-state index contributed by atoms with van der Waals surface area (Å²) in [5, 5.41) is 53.7. The van der Waals surface area contributed by atoms with Crippen LogP contribution in [0.4, 0.5) is 11.4 Å². The lowest BCUT2D eigenvalue weighted by atomic mass is 9.82. The van der Waals surface area contributed by atoms with E-state index in [1.807, 2.05) is 30.3 Å². The number of carbonyl (C=O) groups is 3. The maximum absolute atomic E-state index is 15.2. The molecule has 4 aliphatic heterocycles. The fourth-order valence-electron chi connectivity index (χ4n) is 9.45. The molecular formula is C41H50BrN3O11Si. The monoisotopic (exact) mass is 867 g/mol. The maximum atomic E-state index is 15.2. The first-order valence-electron chi connectivity index (χ1n) is 19.2. The van der Waals surface area contributed by atoms with Gasteiger partial charge in [0.15, 0.2) is 18.0 Å². The van der Waals surface area contributed by atoms with Gasteiger partial charge in [-0.1, -0.05) is 65.4 Å². The molecular weight excluding hydrogens is 818 g/mol. The quantitative estimate of drug-likeness (QED) is 0.164. The van der Waals surface area contributed by atoms with E-state index in [0.717, 1.165) is 33.8 Å². The first-order valence-corrected chi connectivity index (χ1v) is 23.1. The number of carbonyl (C=O) groups excluding carboxylic acids is 3. The number of hydrogen-bond acceptors (Lipinski definition) is 11. The van der Waals surface area contributed by atoms with Crippen LogP contribution in [0.2, 0.25) is 18.6 Å². The summed E-state index contributed by atoms with van der Waals surface area (Å²) in [4.78, 5) is 45.6. The van der Waals surface area contributed by atoms with Crippen LogP contribution in [0, 0.1) is 5.92 Å². The van der Waals surface area contributed by atoms with Gasteiger partial charge in [-0.25, -0.2) is 0 Å². The van der Waals surface area contributed by atoms with Crippen molar-refractivity contribution in [2.24, 2.45) is 5.92 Å². The van der Waals surface area contributed by atoms with E-state index in [1.165, 1.54) is 0 Å². The van der Waals surface area contributed by atoms with Gasteiger partial charge in [0.2, 0.25) is 5.91 Å². The molecule has 3 saturated heterocycles. The third kappa shape index (κ3) is 7.33. The molecule has 0 aliphatic carbocycles. The Morgan fingerprint density at radius 3 is 2.37 bits per heavy atom. The van der Waals surface area contributed by atoms with Crippen LogP contribution in [0.25, 0.3) is 0 Å². The molecule has 57 heavy (non-hydrogen) atoms. The van der Waals surface area contributed by atoms with Crippen LogP contribution in [-0.4, -0.2) is 119 Å². The molecule has 3 amide bonds. The Balaban J connectivity index is 1.18. The van der Waals surface area contributed by atoms with Crippen LogP contribution in [0.5, 0.6) is 5.75 Å². The average Bonchev–Trinajstić information content (AvgIpc) is 3.86. The number of amides is 3. The molecule has 0 bridgehead atoms. The number of ether oxygens (including phenoxy) is 3. The molecule has 7 rings (SSSR count). The normalized spacial score (nSPS) is 31.2. The van der Waals surface area contributed by atoms with Gasteiger partial charge in [-0.3, -0.25) is 14.4 Å². The number of anilines is 2. The Hall–Kier alpha value is -3.71. The lowest BCUT2D eigenvalue weighted by molar-refractivity contribution is -0.274. The molecule has 4 heterocycles. The number of benzene rings is 3. The molecule has 14 nitrogen and oxygen atoms in total. The highest BCUT2D eigenvalue weighted by molar-refractivity contribution is 9.10. The molecule has 306 valence electrons. The molecule has 3 aromatic carbocycles. The van der Waals surface area contributed by atoms with Crippen LogP contribution in [0.1, 0.15) is 37.3 Å². The number of aliphatic hydroxyl groups is 5. The fourth-order valence-corrected chi connectivity index (χ4v) is 13.8. The minimum Gasteiger partial charge on any atom is -0.497 e. The number of halogens is 1. The van der Waals surface area contributed by atoms with E-state index in [4.69, 9.17) is 14.2 Å². The van der Waals surface area contributed by atoms with Crippen molar-refractivity contribution in [1.29, 1.82) is 0 Å². The van der Waals surface area contributed by atoms with Gasteiger partial charge < -0.3 is 54.9 Å². The lowest BCUT2D eigenvalue weighted by Gasteiger charge is -2.37. The van der Waals surface area contributed by atoms with Crippen molar-refractivity contribution in [3.63, 3.8) is 0 Å². The topological polar surface area (TPSA) is 199 Å². The molecule has 0 saturated carbocycles. The van der Waals surface area contributed by atoms with Crippen LogP contribution in [0.3, 0.4) is 0 Å². The van der Waals surface area contributed by atoms with Gasteiger partial charge in [-0.15, -0.1) is 0 Å². The Kier molecular flexibility index (Phi) is 11.7. The summed E-state index contributed by atoms with van der Waals surface area (Å²) in [5.74, 6) is -0.769. The van der Waals surface area contributed by atoms with E-state index in [0.29, 0.717) is 23.5 Å². The second-order valence-electron chi connectivity index (χ2n) is 16.1. The van der Waals surface area contributed by atoms with Crippen molar-refractivity contribution in [3.05, 3.63) is 82.3 Å². The third-order valence-electron chi connectivity index (χ3n) is 12.5. The molecule has 4 aliphatic rings. The summed E-state index contributed by atoms with van der Waals surface area (Å²) >= 11 is 3.64. The standard InChI is InChI=1S/C41H50BrN3O11Si/c1-22-37(57(3,4)28-14-12-27(54-2)13-15-28)31(19-32(47)44-17-5-6-26(44)21-46)56-41(22)29-18-24(42)9-16-30(29)45(40(41)53)20-23-7-10-25(11-8-23)43-38(51)36-34(49)33(48)35(50)39(52)55-36/h7-16,18,22,26,31,33-37,39,46,48-50,52H,5-6,17,19-21H2,1-4H3,(H,43,51)/t22-,26+,31+,33+,34+,35-,36+,37-,39-,41+/m1/s1. The fraction of sp³-hybridized carbons (Fsp3) is 0.488. The number of methoxy groups -OCH3 is 1. The van der Waals surface area contributed by atoms with E-state index >= 15 is 4.79 Å². The van der Waals surface area contributed by atoms with E-state index in [9.17, 15) is 35.1 Å². The van der Waals surface area contributed by atoms with Crippen molar-refractivity contribution in [3.8, 4) is 5.75 Å². The van der Waals surface area contributed by atoms with Crippen LogP contribution >= 0.6 is 15.9 Å². The zero-order valence-electron chi connectivity index (χ0n) is 32.2. The van der Waals surface area contributed by atoms with Gasteiger partial charge in [-0.05, 0) is 66.4 Å². The zero-order chi connectivity index (χ0) is 41.0. The van der Waals surface area contributed by atoms with Gasteiger partial charge in [0.25, 0.3) is 11.8 Å². The van der Waals surface area contributed by atoms with E-state index < -0.39 is 56.4 Å². The van der Waals surface area contributed by atoms with Gasteiger partial charge in [0.05, 0.1) is 52.6 Å². The highest BCUT2D eigenvalue weighted by atomic mass is 79.9. The summed E-state index contributed by atoms with van der Waals surface area (Å²) < 4.78 is 18.4. The first kappa shape index (κ1) is 41.4. The summed E-state index contributed by atoms with van der Waals surface area (Å²) in [6.45, 7) is 7.22. The second-order valence-corrected chi connectivity index (χ2v) is 21.7. The highest BCUT2D eigenvalue weighted by Gasteiger charge is 2.66. The van der Waals surface area contributed by atoms with Gasteiger partial charge in [0.1, 0.15) is 24.1 Å². The first-order chi connectivity index (χ1) is 27.1. The lowest BCUT2D eigenvalue weighted by Crippen LogP contribution is -2.60. The number of likely N-dealkylation sites (tertiary alicyclic amines) is 1. The Morgan fingerprint density at radius 1 is 1.00 bits per heavy atom. The molecule has 0 radical (unpaired) electrons. The molecule has 16 heteroatoms. The number of fused-ring (bicyclic) bond motifs is 2. The van der Waals surface area contributed by atoms with Crippen LogP contribution in [-0.2, 0) is 36.0 Å².